The predicted octanol–water partition coefficient (Wildman–Crippen LogP) is 5.63. The van der Waals surface area contributed by atoms with Crippen LogP contribution >= 0.6 is 0 Å². The van der Waals surface area contributed by atoms with Crippen molar-refractivity contribution in [2.24, 2.45) is 0 Å². The lowest BCUT2D eigenvalue weighted by Gasteiger charge is -2.10. The van der Waals surface area contributed by atoms with Gasteiger partial charge < -0.3 is 19.7 Å². The number of carbonyl (C=O) groups is 2. The Morgan fingerprint density at radius 2 is 1.19 bits per heavy atom. The second kappa shape index (κ2) is 22.8. The molecule has 6 heteroatoms. The summed E-state index contributed by atoms with van der Waals surface area (Å²) in [6, 6.07) is 0. The first-order chi connectivity index (χ1) is 15.5. The number of hydrogen-bond acceptors (Lipinski definition) is 6. The van der Waals surface area contributed by atoms with E-state index >= 15 is 0 Å². The molecule has 0 aromatic rings. The minimum atomic E-state index is -1.13. The van der Waals surface area contributed by atoms with E-state index in [2.05, 4.69) is 13.5 Å². The fourth-order valence-electron chi connectivity index (χ4n) is 3.46. The third-order valence-electron chi connectivity index (χ3n) is 5.52. The van der Waals surface area contributed by atoms with Crippen LogP contribution in [0.3, 0.4) is 0 Å². The number of esters is 2. The molecule has 0 saturated heterocycles. The second-order valence-corrected chi connectivity index (χ2v) is 8.74. The zero-order chi connectivity index (χ0) is 23.9. The maximum atomic E-state index is 11.7. The first-order valence-corrected chi connectivity index (χ1v) is 12.8. The maximum Gasteiger partial charge on any atom is 0.334 e. The Balaban J connectivity index is 3.38. The molecule has 0 aromatic heterocycles. The summed E-state index contributed by atoms with van der Waals surface area (Å²) in [6.07, 6.45) is 19.3. The molecule has 2 N–H and O–H groups in total. The summed E-state index contributed by atoms with van der Waals surface area (Å²) in [7, 11) is 0. The summed E-state index contributed by atoms with van der Waals surface area (Å²) in [5.41, 5.74) is -0.0212. The zero-order valence-electron chi connectivity index (χ0n) is 20.5. The maximum absolute atomic E-state index is 11.7. The SMILES string of the molecule is C=C(CC(=O)OCCCCCCCCCCCCCCCCCC)C(=O)OCC(O)CO. The minimum Gasteiger partial charge on any atom is -0.465 e. The van der Waals surface area contributed by atoms with E-state index in [4.69, 9.17) is 19.7 Å². The largest absolute Gasteiger partial charge is 0.465 e. The standard InChI is InChI=1S/C26H48O6/c1-3-4-5-6-7-8-9-10-11-12-13-14-15-16-17-18-19-31-25(29)20-23(2)26(30)32-22-24(28)21-27/h24,27-28H,2-22H2,1H3. The van der Waals surface area contributed by atoms with Crippen LogP contribution in [0, 0.1) is 0 Å². The molecular weight excluding hydrogens is 408 g/mol. The highest BCUT2D eigenvalue weighted by atomic mass is 16.5. The Bertz CT molecular complexity index is 477. The van der Waals surface area contributed by atoms with Gasteiger partial charge in [-0.05, 0) is 6.42 Å². The van der Waals surface area contributed by atoms with Gasteiger partial charge in [0.1, 0.15) is 12.7 Å². The van der Waals surface area contributed by atoms with Crippen LogP contribution in [0.2, 0.25) is 0 Å². The third-order valence-corrected chi connectivity index (χ3v) is 5.52. The molecule has 0 saturated carbocycles. The van der Waals surface area contributed by atoms with Gasteiger partial charge in [0.15, 0.2) is 0 Å². The van der Waals surface area contributed by atoms with Crippen molar-refractivity contribution in [3.8, 4) is 0 Å². The van der Waals surface area contributed by atoms with Crippen molar-refractivity contribution < 1.29 is 29.3 Å². The highest BCUT2D eigenvalue weighted by Gasteiger charge is 2.15. The van der Waals surface area contributed by atoms with E-state index in [9.17, 15) is 9.59 Å². The van der Waals surface area contributed by atoms with Gasteiger partial charge in [-0.15, -0.1) is 0 Å². The van der Waals surface area contributed by atoms with Crippen molar-refractivity contribution in [3.63, 3.8) is 0 Å². The Kier molecular flexibility index (Phi) is 21.8. The van der Waals surface area contributed by atoms with Gasteiger partial charge in [-0.2, -0.15) is 0 Å². The Labute approximate surface area is 195 Å². The molecule has 32 heavy (non-hydrogen) atoms. The predicted molar refractivity (Wildman–Crippen MR) is 128 cm³/mol. The quantitative estimate of drug-likeness (QED) is 0.117. The molecule has 0 fully saturated rings. The van der Waals surface area contributed by atoms with Gasteiger partial charge in [0.05, 0.1) is 19.6 Å². The highest BCUT2D eigenvalue weighted by Crippen LogP contribution is 2.14. The third kappa shape index (κ3) is 20.5. The average Bonchev–Trinajstić information content (AvgIpc) is 2.79. The fourth-order valence-corrected chi connectivity index (χ4v) is 3.46. The van der Waals surface area contributed by atoms with E-state index in [1.165, 1.54) is 83.5 Å². The van der Waals surface area contributed by atoms with Crippen LogP contribution in [0.25, 0.3) is 0 Å². The number of aliphatic hydroxyl groups is 2. The molecule has 0 amide bonds. The van der Waals surface area contributed by atoms with Gasteiger partial charge in [-0.1, -0.05) is 110 Å². The Morgan fingerprint density at radius 1 is 0.750 bits per heavy atom. The van der Waals surface area contributed by atoms with Gasteiger partial charge in [-0.25, -0.2) is 4.79 Å². The van der Waals surface area contributed by atoms with Crippen LogP contribution in [0.15, 0.2) is 12.2 Å². The van der Waals surface area contributed by atoms with Crippen LogP contribution in [-0.2, 0) is 19.1 Å². The molecule has 1 unspecified atom stereocenters. The van der Waals surface area contributed by atoms with Crippen LogP contribution in [0.1, 0.15) is 116 Å². The lowest BCUT2D eigenvalue weighted by Crippen LogP contribution is -2.23. The van der Waals surface area contributed by atoms with Gasteiger partial charge in [0, 0.05) is 5.57 Å². The average molecular weight is 457 g/mol. The highest BCUT2D eigenvalue weighted by molar-refractivity contribution is 5.93. The number of unbranched alkanes of at least 4 members (excludes halogenated alkanes) is 15. The molecular formula is C26H48O6. The summed E-state index contributed by atoms with van der Waals surface area (Å²) in [5, 5.41) is 17.8. The van der Waals surface area contributed by atoms with E-state index < -0.39 is 24.6 Å². The van der Waals surface area contributed by atoms with Crippen molar-refractivity contribution in [1.82, 2.24) is 0 Å². The monoisotopic (exact) mass is 456 g/mol. The minimum absolute atomic E-state index is 0.0212. The second-order valence-electron chi connectivity index (χ2n) is 8.74. The molecule has 0 aliphatic heterocycles. The van der Waals surface area contributed by atoms with Gasteiger partial charge in [-0.3, -0.25) is 4.79 Å². The van der Waals surface area contributed by atoms with Crippen molar-refractivity contribution >= 4 is 11.9 Å². The number of hydrogen-bond donors (Lipinski definition) is 2. The molecule has 0 aliphatic carbocycles. The topological polar surface area (TPSA) is 93.1 Å². The Morgan fingerprint density at radius 3 is 1.62 bits per heavy atom. The molecule has 0 aromatic carbocycles. The molecule has 0 aliphatic rings. The lowest BCUT2D eigenvalue weighted by atomic mass is 10.0. The van der Waals surface area contributed by atoms with Crippen molar-refractivity contribution in [2.45, 2.75) is 122 Å². The van der Waals surface area contributed by atoms with Gasteiger partial charge in [0.25, 0.3) is 0 Å². The van der Waals surface area contributed by atoms with Gasteiger partial charge >= 0.3 is 11.9 Å². The molecule has 1 atom stereocenters. The Hall–Kier alpha value is -1.40. The number of ether oxygens (including phenoxy) is 2. The first kappa shape index (κ1) is 30.6. The molecule has 0 heterocycles. The van der Waals surface area contributed by atoms with Crippen LogP contribution < -0.4 is 0 Å². The van der Waals surface area contributed by atoms with Crippen LogP contribution in [0.4, 0.5) is 0 Å². The van der Waals surface area contributed by atoms with Crippen molar-refractivity contribution in [1.29, 1.82) is 0 Å². The number of carbonyl (C=O) groups excluding carboxylic acids is 2. The van der Waals surface area contributed by atoms with E-state index in [0.717, 1.165) is 19.3 Å². The molecule has 6 nitrogen and oxygen atoms in total. The first-order valence-electron chi connectivity index (χ1n) is 12.8. The van der Waals surface area contributed by atoms with E-state index in [-0.39, 0.29) is 18.6 Å². The molecule has 0 spiro atoms. The number of aliphatic hydroxyl groups excluding tert-OH is 2. The summed E-state index contributed by atoms with van der Waals surface area (Å²) in [4.78, 5) is 23.3. The molecule has 0 radical (unpaired) electrons. The summed E-state index contributed by atoms with van der Waals surface area (Å²) < 4.78 is 9.87. The molecule has 0 rings (SSSR count). The summed E-state index contributed by atoms with van der Waals surface area (Å²) in [6.45, 7) is 5.29. The zero-order valence-corrected chi connectivity index (χ0v) is 20.5. The van der Waals surface area contributed by atoms with Gasteiger partial charge in [0.2, 0.25) is 0 Å². The van der Waals surface area contributed by atoms with Crippen LogP contribution in [-0.4, -0.2) is 48.1 Å². The molecule has 188 valence electrons. The smallest absolute Gasteiger partial charge is 0.334 e. The normalized spacial score (nSPS) is 11.8. The fraction of sp³-hybridized carbons (Fsp3) is 0.846. The van der Waals surface area contributed by atoms with Crippen molar-refractivity contribution in [2.75, 3.05) is 19.8 Å². The lowest BCUT2D eigenvalue weighted by molar-refractivity contribution is -0.147. The summed E-state index contributed by atoms with van der Waals surface area (Å²) in [5.74, 6) is -1.27. The molecule has 0 bridgehead atoms. The van der Waals surface area contributed by atoms with Crippen molar-refractivity contribution in [3.05, 3.63) is 12.2 Å². The number of rotatable bonds is 23. The van der Waals surface area contributed by atoms with E-state index in [0.29, 0.717) is 6.61 Å². The van der Waals surface area contributed by atoms with E-state index in [1.807, 2.05) is 0 Å². The van der Waals surface area contributed by atoms with E-state index in [1.54, 1.807) is 0 Å². The van der Waals surface area contributed by atoms with Crippen LogP contribution in [0.5, 0.6) is 0 Å². The summed E-state index contributed by atoms with van der Waals surface area (Å²) >= 11 is 0.